The fraction of sp³-hybridized carbons (Fsp3) is 0.667. The van der Waals surface area contributed by atoms with Crippen LogP contribution in [0.15, 0.2) is 24.3 Å². The van der Waals surface area contributed by atoms with Gasteiger partial charge in [0, 0.05) is 43.6 Å². The van der Waals surface area contributed by atoms with Gasteiger partial charge in [-0.1, -0.05) is 12.1 Å². The van der Waals surface area contributed by atoms with Crippen molar-refractivity contribution in [1.82, 2.24) is 4.90 Å². The van der Waals surface area contributed by atoms with E-state index < -0.39 is 0 Å². The van der Waals surface area contributed by atoms with Crippen molar-refractivity contribution in [3.8, 4) is 0 Å². The summed E-state index contributed by atoms with van der Waals surface area (Å²) in [6.07, 6.45) is 3.64. The highest BCUT2D eigenvalue weighted by Gasteiger charge is 2.09. The molecular formula is C18H30Cl4N2O. The molecule has 0 bridgehead atoms. The molecule has 25 heavy (non-hydrogen) atoms. The van der Waals surface area contributed by atoms with Crippen LogP contribution >= 0.6 is 48.0 Å². The molecule has 146 valence electrons. The number of halogens is 4. The molecule has 0 unspecified atom stereocenters. The third-order valence-corrected chi connectivity index (χ3v) is 4.64. The first-order valence-electron chi connectivity index (χ1n) is 8.59. The highest BCUT2D eigenvalue weighted by atomic mass is 35.5. The van der Waals surface area contributed by atoms with Crippen LogP contribution < -0.4 is 4.90 Å². The first-order valence-corrected chi connectivity index (χ1v) is 9.66. The first-order chi connectivity index (χ1) is 11.3. The molecule has 0 N–H and O–H groups in total. The molecule has 0 aliphatic carbocycles. The number of benzene rings is 1. The molecule has 1 aromatic rings. The van der Waals surface area contributed by atoms with Gasteiger partial charge >= 0.3 is 0 Å². The van der Waals surface area contributed by atoms with Crippen molar-refractivity contribution in [2.45, 2.75) is 19.3 Å². The van der Waals surface area contributed by atoms with Crippen molar-refractivity contribution >= 4 is 53.7 Å². The molecule has 0 spiro atoms. The molecule has 2 rings (SSSR count). The molecule has 0 atom stereocenters. The lowest BCUT2D eigenvalue weighted by Crippen LogP contribution is -2.36. The minimum absolute atomic E-state index is 0. The van der Waals surface area contributed by atoms with Crippen LogP contribution in [0.5, 0.6) is 0 Å². The Morgan fingerprint density at radius 2 is 1.52 bits per heavy atom. The summed E-state index contributed by atoms with van der Waals surface area (Å²) < 4.78 is 5.38. The van der Waals surface area contributed by atoms with E-state index in [9.17, 15) is 0 Å². The second-order valence-corrected chi connectivity index (χ2v) is 6.70. The van der Waals surface area contributed by atoms with Crippen molar-refractivity contribution in [2.75, 3.05) is 62.6 Å². The molecule has 0 radical (unpaired) electrons. The van der Waals surface area contributed by atoms with Gasteiger partial charge in [-0.05, 0) is 43.5 Å². The topological polar surface area (TPSA) is 15.7 Å². The van der Waals surface area contributed by atoms with Gasteiger partial charge in [-0.3, -0.25) is 4.90 Å². The van der Waals surface area contributed by atoms with E-state index in [2.05, 4.69) is 34.1 Å². The summed E-state index contributed by atoms with van der Waals surface area (Å²) in [5.74, 6) is 1.25. The van der Waals surface area contributed by atoms with Gasteiger partial charge in [-0.2, -0.15) is 0 Å². The van der Waals surface area contributed by atoms with Crippen molar-refractivity contribution in [3.63, 3.8) is 0 Å². The largest absolute Gasteiger partial charge is 0.379 e. The Balaban J connectivity index is 0.00000288. The predicted octanol–water partition coefficient (Wildman–Crippen LogP) is 4.47. The fourth-order valence-corrected chi connectivity index (χ4v) is 3.34. The number of ether oxygens (including phenoxy) is 1. The maximum atomic E-state index is 5.87. The summed E-state index contributed by atoms with van der Waals surface area (Å²) >= 11 is 11.7. The lowest BCUT2D eigenvalue weighted by atomic mass is 10.1. The number of nitrogens with zero attached hydrogens (tertiary/aromatic N) is 2. The number of alkyl halides is 2. The molecule has 0 aromatic heterocycles. The molecule has 3 nitrogen and oxygen atoms in total. The molecule has 1 aromatic carbocycles. The monoisotopic (exact) mass is 430 g/mol. The van der Waals surface area contributed by atoms with Gasteiger partial charge in [0.25, 0.3) is 0 Å². The van der Waals surface area contributed by atoms with E-state index in [0.717, 1.165) is 45.8 Å². The van der Waals surface area contributed by atoms with E-state index in [4.69, 9.17) is 27.9 Å². The zero-order valence-corrected chi connectivity index (χ0v) is 17.8. The third-order valence-electron chi connectivity index (χ3n) is 4.30. The van der Waals surface area contributed by atoms with Gasteiger partial charge in [-0.15, -0.1) is 48.0 Å². The van der Waals surface area contributed by atoms with Crippen LogP contribution in [0.1, 0.15) is 18.4 Å². The van der Waals surface area contributed by atoms with Gasteiger partial charge in [0.05, 0.1) is 13.2 Å². The number of rotatable bonds is 10. The number of anilines is 1. The minimum atomic E-state index is 0. The summed E-state index contributed by atoms with van der Waals surface area (Å²) in [6, 6.07) is 8.85. The summed E-state index contributed by atoms with van der Waals surface area (Å²) in [5.41, 5.74) is 2.62. The van der Waals surface area contributed by atoms with Gasteiger partial charge in [0.2, 0.25) is 0 Å². The lowest BCUT2D eigenvalue weighted by molar-refractivity contribution is 0.0372. The SMILES string of the molecule is Cl.Cl.ClCCN(CCCl)c1ccc(CCCCN2CCOCC2)cc1. The maximum Gasteiger partial charge on any atom is 0.0594 e. The quantitative estimate of drug-likeness (QED) is 0.401. The molecule has 7 heteroatoms. The van der Waals surface area contributed by atoms with Crippen LogP contribution in [0, 0.1) is 0 Å². The highest BCUT2D eigenvalue weighted by molar-refractivity contribution is 6.18. The smallest absolute Gasteiger partial charge is 0.0594 e. The highest BCUT2D eigenvalue weighted by Crippen LogP contribution is 2.17. The normalized spacial score (nSPS) is 14.5. The number of unbranched alkanes of at least 4 members (excludes halogenated alkanes) is 1. The molecule has 0 saturated carbocycles. The fourth-order valence-electron chi connectivity index (χ4n) is 2.94. The van der Waals surface area contributed by atoms with E-state index in [1.807, 2.05) is 0 Å². The average Bonchev–Trinajstić information content (AvgIpc) is 2.60. The van der Waals surface area contributed by atoms with E-state index in [0.29, 0.717) is 11.8 Å². The molecule has 1 heterocycles. The van der Waals surface area contributed by atoms with Crippen LogP contribution in [-0.4, -0.2) is 62.6 Å². The van der Waals surface area contributed by atoms with Crippen LogP contribution in [0.3, 0.4) is 0 Å². The molecule has 0 amide bonds. The summed E-state index contributed by atoms with van der Waals surface area (Å²) in [6.45, 7) is 6.84. The number of hydrogen-bond donors (Lipinski definition) is 0. The Labute approximate surface area is 174 Å². The zero-order chi connectivity index (χ0) is 16.3. The summed E-state index contributed by atoms with van der Waals surface area (Å²) in [5, 5.41) is 0. The van der Waals surface area contributed by atoms with Gasteiger partial charge in [0.15, 0.2) is 0 Å². The van der Waals surface area contributed by atoms with E-state index in [1.54, 1.807) is 0 Å². The van der Waals surface area contributed by atoms with Crippen molar-refractivity contribution < 1.29 is 4.74 Å². The van der Waals surface area contributed by atoms with Crippen molar-refractivity contribution in [3.05, 3.63) is 29.8 Å². The van der Waals surface area contributed by atoms with Gasteiger partial charge in [0.1, 0.15) is 0 Å². The van der Waals surface area contributed by atoms with E-state index >= 15 is 0 Å². The van der Waals surface area contributed by atoms with E-state index in [-0.39, 0.29) is 24.8 Å². The molecule has 1 fully saturated rings. The summed E-state index contributed by atoms with van der Waals surface area (Å²) in [4.78, 5) is 4.74. The average molecular weight is 432 g/mol. The van der Waals surface area contributed by atoms with Gasteiger partial charge < -0.3 is 9.64 Å². The Morgan fingerprint density at radius 1 is 0.920 bits per heavy atom. The maximum absolute atomic E-state index is 5.87. The van der Waals surface area contributed by atoms with Crippen LogP contribution in [-0.2, 0) is 11.2 Å². The van der Waals surface area contributed by atoms with Crippen LogP contribution in [0.2, 0.25) is 0 Å². The Morgan fingerprint density at radius 3 is 2.08 bits per heavy atom. The lowest BCUT2D eigenvalue weighted by Gasteiger charge is -2.26. The summed E-state index contributed by atoms with van der Waals surface area (Å²) in [7, 11) is 0. The second kappa shape index (κ2) is 15.2. The predicted molar refractivity (Wildman–Crippen MR) is 115 cm³/mol. The first kappa shape index (κ1) is 25.1. The van der Waals surface area contributed by atoms with Crippen molar-refractivity contribution in [1.29, 1.82) is 0 Å². The Bertz CT molecular complexity index is 422. The second-order valence-electron chi connectivity index (χ2n) is 5.94. The Kier molecular flexibility index (Phi) is 15.2. The van der Waals surface area contributed by atoms with Gasteiger partial charge in [-0.25, -0.2) is 0 Å². The molecular weight excluding hydrogens is 402 g/mol. The molecule has 1 saturated heterocycles. The number of morpholine rings is 1. The van der Waals surface area contributed by atoms with Crippen LogP contribution in [0.4, 0.5) is 5.69 Å². The minimum Gasteiger partial charge on any atom is -0.379 e. The Hall–Kier alpha value is 0.100. The number of hydrogen-bond acceptors (Lipinski definition) is 3. The zero-order valence-electron chi connectivity index (χ0n) is 14.7. The van der Waals surface area contributed by atoms with Crippen LogP contribution in [0.25, 0.3) is 0 Å². The molecule has 1 aliphatic rings. The van der Waals surface area contributed by atoms with Crippen molar-refractivity contribution in [2.24, 2.45) is 0 Å². The molecule has 1 aliphatic heterocycles. The third kappa shape index (κ3) is 9.55. The number of aryl methyl sites for hydroxylation is 1. The van der Waals surface area contributed by atoms with E-state index in [1.165, 1.54) is 30.6 Å². The standard InChI is InChI=1S/C18H28Cl2N2O.2ClH/c19-8-11-22(12-9-20)18-6-4-17(5-7-18)3-1-2-10-21-13-15-23-16-14-21;;/h4-7H,1-3,8-16H2;2*1H.